The first-order chi connectivity index (χ1) is 15.4. The lowest BCUT2D eigenvalue weighted by atomic mass is 10.2. The van der Waals surface area contributed by atoms with Gasteiger partial charge in [0, 0.05) is 6.04 Å². The molecule has 0 aliphatic heterocycles. The molecule has 1 aliphatic carbocycles. The second-order valence-corrected chi connectivity index (χ2v) is 7.58. The summed E-state index contributed by atoms with van der Waals surface area (Å²) in [6, 6.07) is 9.80. The highest BCUT2D eigenvalue weighted by Crippen LogP contribution is 2.30. The lowest BCUT2D eigenvalue weighted by molar-refractivity contribution is -0.139. The summed E-state index contributed by atoms with van der Waals surface area (Å²) in [7, 11) is 1.44. The highest BCUT2D eigenvalue weighted by Gasteiger charge is 2.26. The highest BCUT2D eigenvalue weighted by atomic mass is 35.5. The van der Waals surface area contributed by atoms with Gasteiger partial charge in [0.05, 0.1) is 29.1 Å². The molecule has 0 aromatic heterocycles. The second-order valence-electron chi connectivity index (χ2n) is 6.80. The quantitative estimate of drug-likeness (QED) is 0.306. The van der Waals surface area contributed by atoms with Crippen LogP contribution >= 0.6 is 23.2 Å². The number of rotatable bonds is 8. The SMILES string of the molecule is COc1cc(/C=N\NC(=O)C(=O)NC2CC2)ccc1OCC(=O)Nc1cccc(Cl)c1Cl. The van der Waals surface area contributed by atoms with Crippen LogP contribution in [0.5, 0.6) is 11.5 Å². The number of amides is 3. The van der Waals surface area contributed by atoms with E-state index in [1.807, 2.05) is 0 Å². The summed E-state index contributed by atoms with van der Waals surface area (Å²) in [4.78, 5) is 35.4. The zero-order valence-electron chi connectivity index (χ0n) is 17.0. The van der Waals surface area contributed by atoms with Gasteiger partial charge < -0.3 is 20.1 Å². The first-order valence-electron chi connectivity index (χ1n) is 9.56. The van der Waals surface area contributed by atoms with Crippen LogP contribution in [-0.4, -0.2) is 43.7 Å². The number of hydrogen-bond donors (Lipinski definition) is 3. The third kappa shape index (κ3) is 6.60. The second kappa shape index (κ2) is 10.8. The van der Waals surface area contributed by atoms with E-state index in [4.69, 9.17) is 32.7 Å². The van der Waals surface area contributed by atoms with Crippen molar-refractivity contribution in [3.05, 3.63) is 52.0 Å². The van der Waals surface area contributed by atoms with Gasteiger partial charge in [-0.15, -0.1) is 0 Å². The highest BCUT2D eigenvalue weighted by molar-refractivity contribution is 6.44. The molecule has 1 aliphatic rings. The number of methoxy groups -OCH3 is 1. The molecule has 11 heteroatoms. The van der Waals surface area contributed by atoms with Crippen LogP contribution in [0.15, 0.2) is 41.5 Å². The number of halogens is 2. The van der Waals surface area contributed by atoms with Gasteiger partial charge in [-0.25, -0.2) is 5.43 Å². The maximum Gasteiger partial charge on any atom is 0.329 e. The van der Waals surface area contributed by atoms with Gasteiger partial charge in [-0.05, 0) is 48.7 Å². The van der Waals surface area contributed by atoms with Gasteiger partial charge in [-0.1, -0.05) is 29.3 Å². The summed E-state index contributed by atoms with van der Waals surface area (Å²) < 4.78 is 10.8. The normalized spacial score (nSPS) is 12.8. The molecule has 3 N–H and O–H groups in total. The number of nitrogens with one attached hydrogen (secondary N) is 3. The molecule has 9 nitrogen and oxygen atoms in total. The van der Waals surface area contributed by atoms with Crippen molar-refractivity contribution in [1.29, 1.82) is 0 Å². The van der Waals surface area contributed by atoms with Crippen LogP contribution in [0.25, 0.3) is 0 Å². The molecule has 0 saturated heterocycles. The van der Waals surface area contributed by atoms with Gasteiger partial charge >= 0.3 is 11.8 Å². The molecule has 0 unspecified atom stereocenters. The number of anilines is 1. The number of carbonyl (C=O) groups is 3. The predicted octanol–water partition coefficient (Wildman–Crippen LogP) is 2.75. The third-order valence-corrected chi connectivity index (χ3v) is 5.09. The Labute approximate surface area is 194 Å². The molecule has 0 radical (unpaired) electrons. The maximum absolute atomic E-state index is 12.2. The standard InChI is InChI=1S/C21H20Cl2N4O5/c1-31-17-9-12(10-24-27-21(30)20(29)25-13-6-7-13)5-8-16(17)32-11-18(28)26-15-4-2-3-14(22)19(15)23/h2-5,8-10,13H,6-7,11H2,1H3,(H,25,29)(H,26,28)(H,27,30)/b24-10-. The summed E-state index contributed by atoms with van der Waals surface area (Å²) in [5.41, 5.74) is 3.11. The van der Waals surface area contributed by atoms with Crippen molar-refractivity contribution >= 4 is 52.8 Å². The van der Waals surface area contributed by atoms with Crippen LogP contribution in [0.1, 0.15) is 18.4 Å². The average molecular weight is 479 g/mol. The molecule has 168 valence electrons. The maximum atomic E-state index is 12.2. The van der Waals surface area contributed by atoms with E-state index in [-0.39, 0.29) is 17.7 Å². The van der Waals surface area contributed by atoms with Crippen molar-refractivity contribution < 1.29 is 23.9 Å². The first kappa shape index (κ1) is 23.4. The van der Waals surface area contributed by atoms with Crippen LogP contribution in [0.3, 0.4) is 0 Å². The van der Waals surface area contributed by atoms with Gasteiger partial charge in [-0.3, -0.25) is 14.4 Å². The van der Waals surface area contributed by atoms with E-state index in [9.17, 15) is 14.4 Å². The number of hydrazone groups is 1. The largest absolute Gasteiger partial charge is 0.493 e. The lowest BCUT2D eigenvalue weighted by Gasteiger charge is -2.12. The summed E-state index contributed by atoms with van der Waals surface area (Å²) in [6.45, 7) is -0.293. The Morgan fingerprint density at radius 1 is 1.12 bits per heavy atom. The molecule has 3 amide bonds. The zero-order valence-corrected chi connectivity index (χ0v) is 18.5. The monoisotopic (exact) mass is 478 g/mol. The molecular formula is C21H20Cl2N4O5. The van der Waals surface area contributed by atoms with Crippen molar-refractivity contribution in [3.8, 4) is 11.5 Å². The van der Waals surface area contributed by atoms with Gasteiger partial charge in [0.2, 0.25) is 0 Å². The summed E-state index contributed by atoms with van der Waals surface area (Å²) in [6.07, 6.45) is 3.11. The molecule has 1 fully saturated rings. The van der Waals surface area contributed by atoms with Crippen molar-refractivity contribution in [2.24, 2.45) is 5.10 Å². The molecule has 2 aromatic rings. The van der Waals surface area contributed by atoms with E-state index in [2.05, 4.69) is 21.2 Å². The van der Waals surface area contributed by atoms with Crippen LogP contribution < -0.4 is 25.5 Å². The fourth-order valence-electron chi connectivity index (χ4n) is 2.51. The Balaban J connectivity index is 1.54. The fraction of sp³-hybridized carbons (Fsp3) is 0.238. The fourth-order valence-corrected chi connectivity index (χ4v) is 2.86. The lowest BCUT2D eigenvalue weighted by Crippen LogP contribution is -2.38. The molecule has 0 bridgehead atoms. The van der Waals surface area contributed by atoms with Gasteiger partial charge in [0.15, 0.2) is 18.1 Å². The summed E-state index contributed by atoms with van der Waals surface area (Å²) in [5.74, 6) is -1.33. The Bertz CT molecular complexity index is 1060. The number of hydrogen-bond acceptors (Lipinski definition) is 6. The van der Waals surface area contributed by atoms with E-state index in [1.165, 1.54) is 13.3 Å². The Kier molecular flexibility index (Phi) is 7.91. The number of carbonyl (C=O) groups excluding carboxylic acids is 3. The predicted molar refractivity (Wildman–Crippen MR) is 120 cm³/mol. The number of ether oxygens (including phenoxy) is 2. The third-order valence-electron chi connectivity index (χ3n) is 4.27. The smallest absolute Gasteiger partial charge is 0.329 e. The number of benzene rings is 2. The van der Waals surface area contributed by atoms with Crippen LogP contribution in [-0.2, 0) is 14.4 Å². The van der Waals surface area contributed by atoms with Gasteiger partial charge in [0.1, 0.15) is 0 Å². The Hall–Kier alpha value is -3.30. The summed E-state index contributed by atoms with van der Waals surface area (Å²) >= 11 is 12.0. The minimum atomic E-state index is -0.842. The molecule has 2 aromatic carbocycles. The minimum Gasteiger partial charge on any atom is -0.493 e. The van der Waals surface area contributed by atoms with E-state index < -0.39 is 17.7 Å². The topological polar surface area (TPSA) is 118 Å². The first-order valence-corrected chi connectivity index (χ1v) is 10.3. The molecule has 0 atom stereocenters. The molecule has 3 rings (SSSR count). The average Bonchev–Trinajstić information content (AvgIpc) is 3.59. The summed E-state index contributed by atoms with van der Waals surface area (Å²) in [5, 5.41) is 9.51. The van der Waals surface area contributed by atoms with Gasteiger partial charge in [0.25, 0.3) is 5.91 Å². The molecule has 1 saturated carbocycles. The number of nitrogens with zero attached hydrogens (tertiary/aromatic N) is 1. The van der Waals surface area contributed by atoms with E-state index in [1.54, 1.807) is 36.4 Å². The van der Waals surface area contributed by atoms with Crippen molar-refractivity contribution in [2.75, 3.05) is 19.0 Å². The van der Waals surface area contributed by atoms with E-state index in [0.29, 0.717) is 27.8 Å². The molecular weight excluding hydrogens is 459 g/mol. The molecule has 0 heterocycles. The van der Waals surface area contributed by atoms with Gasteiger partial charge in [-0.2, -0.15) is 5.10 Å². The van der Waals surface area contributed by atoms with E-state index >= 15 is 0 Å². The van der Waals surface area contributed by atoms with Crippen molar-refractivity contribution in [3.63, 3.8) is 0 Å². The minimum absolute atomic E-state index is 0.0820. The Morgan fingerprint density at radius 2 is 1.91 bits per heavy atom. The molecule has 0 spiro atoms. The van der Waals surface area contributed by atoms with Crippen LogP contribution in [0.2, 0.25) is 10.0 Å². The zero-order chi connectivity index (χ0) is 23.1. The van der Waals surface area contributed by atoms with E-state index in [0.717, 1.165) is 12.8 Å². The van der Waals surface area contributed by atoms with Crippen LogP contribution in [0.4, 0.5) is 5.69 Å². The van der Waals surface area contributed by atoms with Crippen LogP contribution in [0, 0.1) is 0 Å². The van der Waals surface area contributed by atoms with Crippen molar-refractivity contribution in [2.45, 2.75) is 18.9 Å². The Morgan fingerprint density at radius 3 is 2.62 bits per heavy atom. The van der Waals surface area contributed by atoms with Crippen molar-refractivity contribution in [1.82, 2.24) is 10.7 Å². The molecule has 32 heavy (non-hydrogen) atoms.